The maximum atomic E-state index is 2.45. The summed E-state index contributed by atoms with van der Waals surface area (Å²) in [5, 5.41) is 5.01. The minimum absolute atomic E-state index is 0.934. The molecule has 1 aliphatic rings. The molecule has 2 nitrogen and oxygen atoms in total. The van der Waals surface area contributed by atoms with E-state index in [9.17, 15) is 0 Å². The first kappa shape index (κ1) is 38.7. The Bertz CT molecular complexity index is 3290. The normalized spacial score (nSPS) is 12.4. The van der Waals surface area contributed by atoms with Crippen molar-refractivity contribution < 1.29 is 0 Å². The molecular formula is C62H46N2. The Morgan fingerprint density at radius 2 is 0.719 bits per heavy atom. The zero-order valence-corrected chi connectivity index (χ0v) is 35.6. The number of hydrogen-bond donors (Lipinski definition) is 0. The first-order valence-electron chi connectivity index (χ1n) is 22.2. The van der Waals surface area contributed by atoms with Gasteiger partial charge in [-0.15, -0.1) is 0 Å². The Morgan fingerprint density at radius 1 is 0.297 bits per heavy atom. The topological polar surface area (TPSA) is 6.48 Å². The SMILES string of the molecule is C1=CC(c2ccc(-c3ccccc3N(c3ccccc3)c3ccc(-c4ccc5ccccc5c4)cc3)cc2)=C(N(c2ccccc2)c2ccc(-c3ccc4ccccc4c3)cc2)CC1. The molecule has 0 aliphatic heterocycles. The molecule has 10 aromatic carbocycles. The highest BCUT2D eigenvalue weighted by Gasteiger charge is 2.22. The second-order valence-corrected chi connectivity index (χ2v) is 16.5. The van der Waals surface area contributed by atoms with Crippen LogP contribution in [0, 0.1) is 0 Å². The molecule has 0 spiro atoms. The average molecular weight is 819 g/mol. The van der Waals surface area contributed by atoms with Gasteiger partial charge < -0.3 is 9.80 Å². The number of nitrogens with zero attached hydrogens (tertiary/aromatic N) is 2. The van der Waals surface area contributed by atoms with Crippen molar-refractivity contribution in [2.45, 2.75) is 12.8 Å². The highest BCUT2D eigenvalue weighted by molar-refractivity contribution is 5.92. The lowest BCUT2D eigenvalue weighted by atomic mass is 9.93. The van der Waals surface area contributed by atoms with E-state index < -0.39 is 0 Å². The van der Waals surface area contributed by atoms with Crippen LogP contribution < -0.4 is 9.80 Å². The molecule has 64 heavy (non-hydrogen) atoms. The van der Waals surface area contributed by atoms with E-state index in [0.29, 0.717) is 0 Å². The van der Waals surface area contributed by atoms with Gasteiger partial charge >= 0.3 is 0 Å². The first-order valence-corrected chi connectivity index (χ1v) is 22.2. The second-order valence-electron chi connectivity index (χ2n) is 16.5. The van der Waals surface area contributed by atoms with E-state index >= 15 is 0 Å². The van der Waals surface area contributed by atoms with Crippen LogP contribution >= 0.6 is 0 Å². The number of rotatable bonds is 10. The summed E-state index contributed by atoms with van der Waals surface area (Å²) in [6.45, 7) is 0. The number of fused-ring (bicyclic) bond motifs is 2. The van der Waals surface area contributed by atoms with Crippen molar-refractivity contribution in [2.24, 2.45) is 0 Å². The van der Waals surface area contributed by atoms with Crippen molar-refractivity contribution in [3.05, 3.63) is 266 Å². The molecule has 11 rings (SSSR count). The molecule has 0 amide bonds. The summed E-state index contributed by atoms with van der Waals surface area (Å²) in [7, 11) is 0. The van der Waals surface area contributed by atoms with Crippen LogP contribution in [0.4, 0.5) is 28.4 Å². The second kappa shape index (κ2) is 17.3. The Morgan fingerprint density at radius 3 is 1.30 bits per heavy atom. The van der Waals surface area contributed by atoms with Gasteiger partial charge in [0.15, 0.2) is 0 Å². The quantitative estimate of drug-likeness (QED) is 0.136. The molecule has 0 fully saturated rings. The Labute approximate surface area is 376 Å². The van der Waals surface area contributed by atoms with E-state index in [1.807, 2.05) is 0 Å². The van der Waals surface area contributed by atoms with Crippen molar-refractivity contribution in [3.8, 4) is 33.4 Å². The van der Waals surface area contributed by atoms with Gasteiger partial charge in [0.05, 0.1) is 5.69 Å². The summed E-state index contributed by atoms with van der Waals surface area (Å²) in [6, 6.07) is 88.0. The van der Waals surface area contributed by atoms with E-state index in [4.69, 9.17) is 0 Å². The molecule has 0 radical (unpaired) electrons. The minimum Gasteiger partial charge on any atom is -0.314 e. The van der Waals surface area contributed by atoms with Crippen LogP contribution in [0.2, 0.25) is 0 Å². The Balaban J connectivity index is 0.939. The monoisotopic (exact) mass is 818 g/mol. The van der Waals surface area contributed by atoms with E-state index in [2.05, 4.69) is 265 Å². The molecule has 0 heterocycles. The third-order valence-electron chi connectivity index (χ3n) is 12.5. The summed E-state index contributed by atoms with van der Waals surface area (Å²) >= 11 is 0. The molecule has 0 bridgehead atoms. The van der Waals surface area contributed by atoms with Gasteiger partial charge in [-0.1, -0.05) is 188 Å². The number of hydrogen-bond acceptors (Lipinski definition) is 2. The predicted octanol–water partition coefficient (Wildman–Crippen LogP) is 17.4. The van der Waals surface area contributed by atoms with Crippen LogP contribution in [-0.4, -0.2) is 0 Å². The molecule has 304 valence electrons. The fourth-order valence-corrected chi connectivity index (χ4v) is 9.28. The van der Waals surface area contributed by atoms with E-state index in [1.54, 1.807) is 0 Å². The lowest BCUT2D eigenvalue weighted by molar-refractivity contribution is 0.923. The number of benzene rings is 10. The smallest absolute Gasteiger partial charge is 0.0540 e. The van der Waals surface area contributed by atoms with E-state index in [1.165, 1.54) is 71.8 Å². The van der Waals surface area contributed by atoms with E-state index in [-0.39, 0.29) is 0 Å². The largest absolute Gasteiger partial charge is 0.314 e. The van der Waals surface area contributed by atoms with Crippen molar-refractivity contribution in [1.82, 2.24) is 0 Å². The fourth-order valence-electron chi connectivity index (χ4n) is 9.28. The number of para-hydroxylation sites is 3. The van der Waals surface area contributed by atoms with Gasteiger partial charge in [0.1, 0.15) is 0 Å². The zero-order valence-electron chi connectivity index (χ0n) is 35.6. The van der Waals surface area contributed by atoms with E-state index in [0.717, 1.165) is 41.3 Å². The maximum Gasteiger partial charge on any atom is 0.0540 e. The third-order valence-corrected chi connectivity index (χ3v) is 12.5. The number of allylic oxidation sites excluding steroid dienone is 4. The first-order chi connectivity index (χ1) is 31.7. The summed E-state index contributed by atoms with van der Waals surface area (Å²) in [6.07, 6.45) is 6.56. The van der Waals surface area contributed by atoms with Crippen LogP contribution in [-0.2, 0) is 0 Å². The van der Waals surface area contributed by atoms with Crippen molar-refractivity contribution in [2.75, 3.05) is 9.80 Å². The molecule has 0 atom stereocenters. The third kappa shape index (κ3) is 7.67. The van der Waals surface area contributed by atoms with Gasteiger partial charge in [-0.05, 0) is 134 Å². The van der Waals surface area contributed by atoms with Crippen LogP contribution in [0.1, 0.15) is 18.4 Å². The highest BCUT2D eigenvalue weighted by Crippen LogP contribution is 2.43. The highest BCUT2D eigenvalue weighted by atomic mass is 15.2. The average Bonchev–Trinajstić information content (AvgIpc) is 3.38. The van der Waals surface area contributed by atoms with Gasteiger partial charge in [-0.2, -0.15) is 0 Å². The summed E-state index contributed by atoms with van der Waals surface area (Å²) in [5.74, 6) is 0. The lowest BCUT2D eigenvalue weighted by Crippen LogP contribution is -2.19. The van der Waals surface area contributed by atoms with Crippen LogP contribution in [0.5, 0.6) is 0 Å². The Kier molecular flexibility index (Phi) is 10.5. The molecule has 0 N–H and O–H groups in total. The van der Waals surface area contributed by atoms with Gasteiger partial charge in [0.25, 0.3) is 0 Å². The zero-order chi connectivity index (χ0) is 42.7. The molecule has 0 aromatic heterocycles. The number of anilines is 5. The molecule has 0 saturated heterocycles. The summed E-state index contributed by atoms with van der Waals surface area (Å²) < 4.78 is 0. The fraction of sp³-hybridized carbons (Fsp3) is 0.0323. The molecular weight excluding hydrogens is 773 g/mol. The van der Waals surface area contributed by atoms with Crippen molar-refractivity contribution >= 4 is 55.6 Å². The lowest BCUT2D eigenvalue weighted by Gasteiger charge is -2.31. The molecule has 0 unspecified atom stereocenters. The molecule has 2 heteroatoms. The van der Waals surface area contributed by atoms with Gasteiger partial charge in [0, 0.05) is 39.6 Å². The minimum atomic E-state index is 0.934. The van der Waals surface area contributed by atoms with Crippen molar-refractivity contribution in [3.63, 3.8) is 0 Å². The van der Waals surface area contributed by atoms with Crippen LogP contribution in [0.15, 0.2) is 261 Å². The predicted molar refractivity (Wildman–Crippen MR) is 273 cm³/mol. The molecule has 0 saturated carbocycles. The van der Waals surface area contributed by atoms with Crippen molar-refractivity contribution in [1.29, 1.82) is 0 Å². The standard InChI is InChI=1S/C62H46N2/c1-3-19-55(20-4-1)63(57-39-35-47(36-40-57)53-33-27-45-15-7-9-17-51(45)43-53)61-25-13-11-23-59(61)49-29-31-50(32-30-49)60-24-12-14-26-62(60)64(56-21-5-2-6-22-56)58-41-37-48(38-42-58)54-34-28-46-16-8-10-18-52(46)44-54/h1-13,15-25,27-44H,14,26H2. The summed E-state index contributed by atoms with van der Waals surface area (Å²) in [4.78, 5) is 4.83. The molecule has 1 aliphatic carbocycles. The summed E-state index contributed by atoms with van der Waals surface area (Å²) in [5.41, 5.74) is 16.5. The van der Waals surface area contributed by atoms with Crippen LogP contribution in [0.25, 0.3) is 60.5 Å². The van der Waals surface area contributed by atoms with Crippen LogP contribution in [0.3, 0.4) is 0 Å². The maximum absolute atomic E-state index is 2.45. The van der Waals surface area contributed by atoms with Gasteiger partial charge in [0.2, 0.25) is 0 Å². The van der Waals surface area contributed by atoms with Gasteiger partial charge in [-0.3, -0.25) is 0 Å². The molecule has 10 aromatic rings. The Hall–Kier alpha value is -8.20. The van der Waals surface area contributed by atoms with Gasteiger partial charge in [-0.25, -0.2) is 0 Å².